The predicted molar refractivity (Wildman–Crippen MR) is 289 cm³/mol. The number of carbonyl (C=O) groups is 3. The molecule has 0 rings (SSSR count). The van der Waals surface area contributed by atoms with Crippen molar-refractivity contribution in [1.29, 1.82) is 0 Å². The minimum Gasteiger partial charge on any atom is -0.462 e. The van der Waals surface area contributed by atoms with Crippen molar-refractivity contribution < 1.29 is 52.2 Å². The molecule has 408 valence electrons. The van der Waals surface area contributed by atoms with Crippen LogP contribution in [0, 0.1) is 0 Å². The van der Waals surface area contributed by atoms with Crippen LogP contribution in [0.5, 0.6) is 0 Å². The van der Waals surface area contributed by atoms with Crippen LogP contribution in [0.15, 0.2) is 48.6 Å². The fraction of sp³-hybridized carbons (Fsp3) is 0.810. The summed E-state index contributed by atoms with van der Waals surface area (Å²) in [5, 5.41) is 9.81. The number of rotatable bonds is 53. The summed E-state index contributed by atoms with van der Waals surface area (Å²) in [4.78, 5) is 48.5. The normalized spacial score (nSPS) is 13.7. The average Bonchev–Trinajstić information content (AvgIpc) is 3.35. The summed E-state index contributed by atoms with van der Waals surface area (Å²) in [5.41, 5.74) is 0. The molecule has 0 saturated carbocycles. The molecule has 0 aromatic heterocycles. The number of unbranched alkanes of at least 4 members (excludes halogenated alkanes) is 28. The van der Waals surface area contributed by atoms with Crippen LogP contribution in [0.2, 0.25) is 0 Å². The zero-order valence-electron chi connectivity index (χ0n) is 45.0. The van der Waals surface area contributed by atoms with E-state index in [1.165, 1.54) is 96.3 Å². The maximum atomic E-state index is 12.9. The molecule has 0 spiro atoms. The first kappa shape index (κ1) is 67.4. The number of esters is 3. The van der Waals surface area contributed by atoms with Crippen molar-refractivity contribution in [3.05, 3.63) is 48.6 Å². The van der Waals surface area contributed by atoms with Gasteiger partial charge in [-0.05, 0) is 77.0 Å². The second kappa shape index (κ2) is 52.8. The number of phosphoric ester groups is 1. The molecule has 0 aromatic carbocycles. The van der Waals surface area contributed by atoms with Crippen molar-refractivity contribution in [1.82, 2.24) is 0 Å². The van der Waals surface area contributed by atoms with Crippen molar-refractivity contribution in [2.45, 2.75) is 277 Å². The maximum absolute atomic E-state index is 12.9. The number of hydrogen-bond acceptors (Lipinski definition) is 10. The largest absolute Gasteiger partial charge is 0.472 e. The average molecular weight is 1010 g/mol. The van der Waals surface area contributed by atoms with Gasteiger partial charge in [-0.1, -0.05) is 217 Å². The Balaban J connectivity index is 4.72. The lowest BCUT2D eigenvalue weighted by Crippen LogP contribution is -2.30. The molecule has 0 aromatic rings. The van der Waals surface area contributed by atoms with Crippen LogP contribution in [-0.4, -0.2) is 66.5 Å². The predicted octanol–water partition coefficient (Wildman–Crippen LogP) is 16.6. The SMILES string of the molecule is CCC/C=C\C/C=C\CCCCCCCC(=O)OCC(COP(=O)(O)OCC(CO)OC(=O)CCCCCCCCCCCCCCCCC)OC(=O)CCCCCCC/C=C\C/C=C\CCCCC. The standard InChI is InChI=1S/C58H105O11P/c1-4-7-10-13-16-19-22-25-27-30-33-36-39-42-45-48-57(61)68-54(50-59)52-66-70(63,64)67-53-55(51-65-56(60)47-44-41-38-35-32-29-24-21-18-15-12-9-6-3)69-58(62)49-46-43-40-37-34-31-28-26-23-20-17-14-11-8-5-2/h12,15,17,20-21,24,26,28,54-55,59H,4-11,13-14,16,18-19,22-23,25,27,29-53H2,1-3H3,(H,63,64)/b15-12-,20-17-,24-21-,28-26-. The quantitative estimate of drug-likeness (QED) is 0.0197. The van der Waals surface area contributed by atoms with Gasteiger partial charge in [-0.3, -0.25) is 23.4 Å². The van der Waals surface area contributed by atoms with Gasteiger partial charge in [-0.25, -0.2) is 4.57 Å². The third-order valence-electron chi connectivity index (χ3n) is 12.2. The number of phosphoric acid groups is 1. The Morgan fingerprint density at radius 2 is 0.729 bits per heavy atom. The molecule has 0 aliphatic rings. The first-order chi connectivity index (χ1) is 34.2. The summed E-state index contributed by atoms with van der Waals surface area (Å²) in [5.74, 6) is -1.49. The molecule has 0 radical (unpaired) electrons. The van der Waals surface area contributed by atoms with E-state index in [-0.39, 0.29) is 25.9 Å². The summed E-state index contributed by atoms with van der Waals surface area (Å²) in [6, 6.07) is 0. The first-order valence-corrected chi connectivity index (χ1v) is 30.0. The summed E-state index contributed by atoms with van der Waals surface area (Å²) in [7, 11) is -4.75. The fourth-order valence-electron chi connectivity index (χ4n) is 7.84. The smallest absolute Gasteiger partial charge is 0.462 e. The van der Waals surface area contributed by atoms with Crippen molar-refractivity contribution in [2.24, 2.45) is 0 Å². The third-order valence-corrected chi connectivity index (χ3v) is 13.2. The van der Waals surface area contributed by atoms with Gasteiger partial charge in [0.25, 0.3) is 0 Å². The number of allylic oxidation sites excluding steroid dienone is 8. The minimum absolute atomic E-state index is 0.150. The van der Waals surface area contributed by atoms with E-state index in [0.29, 0.717) is 19.3 Å². The second-order valence-electron chi connectivity index (χ2n) is 19.1. The van der Waals surface area contributed by atoms with Crippen LogP contribution in [0.4, 0.5) is 0 Å². The van der Waals surface area contributed by atoms with E-state index < -0.39 is 57.8 Å². The molecule has 2 N–H and O–H groups in total. The van der Waals surface area contributed by atoms with Crippen LogP contribution in [0.1, 0.15) is 265 Å². The highest BCUT2D eigenvalue weighted by molar-refractivity contribution is 7.47. The van der Waals surface area contributed by atoms with E-state index in [1.54, 1.807) is 0 Å². The van der Waals surface area contributed by atoms with Crippen LogP contribution in [0.3, 0.4) is 0 Å². The highest BCUT2D eigenvalue weighted by Crippen LogP contribution is 2.43. The molecule has 11 nitrogen and oxygen atoms in total. The Labute approximate surface area is 428 Å². The highest BCUT2D eigenvalue weighted by Gasteiger charge is 2.28. The van der Waals surface area contributed by atoms with Crippen molar-refractivity contribution >= 4 is 25.7 Å². The molecule has 3 atom stereocenters. The lowest BCUT2D eigenvalue weighted by Gasteiger charge is -2.21. The Kier molecular flexibility index (Phi) is 50.8. The minimum atomic E-state index is -4.75. The summed E-state index contributed by atoms with van der Waals surface area (Å²) in [6.07, 6.45) is 54.9. The molecule has 0 bridgehead atoms. The fourth-order valence-corrected chi connectivity index (χ4v) is 8.62. The lowest BCUT2D eigenvalue weighted by molar-refractivity contribution is -0.161. The molecule has 0 heterocycles. The molecular weight excluding hydrogens is 904 g/mol. The van der Waals surface area contributed by atoms with Gasteiger partial charge >= 0.3 is 25.7 Å². The molecule has 12 heteroatoms. The van der Waals surface area contributed by atoms with Gasteiger partial charge < -0.3 is 24.2 Å². The van der Waals surface area contributed by atoms with E-state index in [9.17, 15) is 28.9 Å². The molecule has 0 amide bonds. The summed E-state index contributed by atoms with van der Waals surface area (Å²) in [6.45, 7) is 4.55. The Morgan fingerprint density at radius 3 is 1.14 bits per heavy atom. The van der Waals surface area contributed by atoms with Gasteiger partial charge in [-0.15, -0.1) is 0 Å². The van der Waals surface area contributed by atoms with Crippen LogP contribution in [-0.2, 0) is 42.2 Å². The van der Waals surface area contributed by atoms with E-state index in [1.807, 2.05) is 0 Å². The number of carbonyl (C=O) groups excluding carboxylic acids is 3. The van der Waals surface area contributed by atoms with Crippen LogP contribution in [0.25, 0.3) is 0 Å². The van der Waals surface area contributed by atoms with E-state index >= 15 is 0 Å². The van der Waals surface area contributed by atoms with Crippen molar-refractivity contribution in [3.8, 4) is 0 Å². The van der Waals surface area contributed by atoms with Gasteiger partial charge in [0, 0.05) is 19.3 Å². The zero-order chi connectivity index (χ0) is 51.3. The Bertz CT molecular complexity index is 1360. The maximum Gasteiger partial charge on any atom is 0.472 e. The molecule has 0 aliphatic heterocycles. The van der Waals surface area contributed by atoms with Gasteiger partial charge in [0.1, 0.15) is 12.7 Å². The molecule has 3 unspecified atom stereocenters. The summed E-state index contributed by atoms with van der Waals surface area (Å²) >= 11 is 0. The van der Waals surface area contributed by atoms with E-state index in [0.717, 1.165) is 109 Å². The van der Waals surface area contributed by atoms with E-state index in [2.05, 4.69) is 69.4 Å². The van der Waals surface area contributed by atoms with Gasteiger partial charge in [0.15, 0.2) is 6.10 Å². The topological polar surface area (TPSA) is 155 Å². The molecule has 0 saturated heterocycles. The Hall–Kier alpha value is -2.56. The van der Waals surface area contributed by atoms with Crippen molar-refractivity contribution in [2.75, 3.05) is 26.4 Å². The number of aliphatic hydroxyl groups is 1. The number of hydrogen-bond donors (Lipinski definition) is 2. The van der Waals surface area contributed by atoms with Gasteiger partial charge in [0.05, 0.1) is 19.8 Å². The van der Waals surface area contributed by atoms with Gasteiger partial charge in [-0.2, -0.15) is 0 Å². The third kappa shape index (κ3) is 50.4. The zero-order valence-corrected chi connectivity index (χ0v) is 45.9. The molecule has 70 heavy (non-hydrogen) atoms. The number of aliphatic hydroxyl groups excluding tert-OH is 1. The molecule has 0 aliphatic carbocycles. The first-order valence-electron chi connectivity index (χ1n) is 28.5. The van der Waals surface area contributed by atoms with E-state index in [4.69, 9.17) is 23.3 Å². The van der Waals surface area contributed by atoms with Crippen molar-refractivity contribution in [3.63, 3.8) is 0 Å². The lowest BCUT2D eigenvalue weighted by atomic mass is 10.0. The monoisotopic (exact) mass is 1010 g/mol. The summed E-state index contributed by atoms with van der Waals surface area (Å²) < 4.78 is 39.5. The highest BCUT2D eigenvalue weighted by atomic mass is 31.2. The van der Waals surface area contributed by atoms with Gasteiger partial charge in [0.2, 0.25) is 0 Å². The van der Waals surface area contributed by atoms with Crippen LogP contribution < -0.4 is 0 Å². The number of ether oxygens (including phenoxy) is 3. The van der Waals surface area contributed by atoms with Crippen LogP contribution >= 0.6 is 7.82 Å². The second-order valence-corrected chi connectivity index (χ2v) is 20.6. The molecular formula is C58H105O11P. The Morgan fingerprint density at radius 1 is 0.400 bits per heavy atom. The molecule has 0 fully saturated rings.